The summed E-state index contributed by atoms with van der Waals surface area (Å²) in [5.74, 6) is 0.316. The Morgan fingerprint density at radius 2 is 1.70 bits per heavy atom. The van der Waals surface area contributed by atoms with Crippen molar-refractivity contribution in [3.63, 3.8) is 0 Å². The minimum Gasteiger partial charge on any atom is -0.466 e. The van der Waals surface area contributed by atoms with Gasteiger partial charge in [0.15, 0.2) is 0 Å². The van der Waals surface area contributed by atoms with E-state index < -0.39 is 10.7 Å². The van der Waals surface area contributed by atoms with Gasteiger partial charge in [-0.2, -0.15) is 0 Å². The van der Waals surface area contributed by atoms with Gasteiger partial charge in [0.1, 0.15) is 5.60 Å². The Labute approximate surface area is 161 Å². The molecule has 0 atom stereocenters. The molecule has 9 heteroatoms. The standard InChI is InChI=1S/C12H23NO2.C6H11NO5/c1-12(2,3)15-11(14)13-9-10-7-5-4-6-8-10;1-6(8)11-4-2-3-5-12-7(9)10/h10H,4-9H2,1-3H3,(H,13,14);2-5H2,1H3. The van der Waals surface area contributed by atoms with Crippen LogP contribution in [0.1, 0.15) is 72.6 Å². The molecule has 0 bridgehead atoms. The summed E-state index contributed by atoms with van der Waals surface area (Å²) in [5, 5.41) is 11.6. The molecule has 1 saturated carbocycles. The Morgan fingerprint density at radius 1 is 1.11 bits per heavy atom. The zero-order valence-electron chi connectivity index (χ0n) is 17.0. The molecule has 0 saturated heterocycles. The summed E-state index contributed by atoms with van der Waals surface area (Å²) in [6, 6.07) is 0. The van der Waals surface area contributed by atoms with Gasteiger partial charge in [-0.05, 0) is 52.4 Å². The van der Waals surface area contributed by atoms with Crippen molar-refractivity contribution in [1.29, 1.82) is 0 Å². The lowest BCUT2D eigenvalue weighted by Gasteiger charge is -2.24. The number of hydrogen-bond donors (Lipinski definition) is 1. The Hall–Kier alpha value is -2.06. The van der Waals surface area contributed by atoms with Crippen LogP contribution in [0.5, 0.6) is 0 Å². The average Bonchev–Trinajstić information content (AvgIpc) is 2.56. The van der Waals surface area contributed by atoms with E-state index in [-0.39, 0.29) is 25.3 Å². The van der Waals surface area contributed by atoms with Gasteiger partial charge in [-0.25, -0.2) is 4.79 Å². The molecule has 0 unspecified atom stereocenters. The summed E-state index contributed by atoms with van der Waals surface area (Å²) in [5.41, 5.74) is -0.392. The summed E-state index contributed by atoms with van der Waals surface area (Å²) in [6.45, 7) is 8.07. The van der Waals surface area contributed by atoms with Gasteiger partial charge >= 0.3 is 12.1 Å². The molecule has 0 spiro atoms. The molecule has 1 fully saturated rings. The molecule has 0 aromatic heterocycles. The molecule has 1 aliphatic rings. The molecule has 1 aliphatic carbocycles. The monoisotopic (exact) mass is 390 g/mol. The van der Waals surface area contributed by atoms with E-state index in [1.54, 1.807) is 0 Å². The number of rotatable bonds is 8. The van der Waals surface area contributed by atoms with Crippen molar-refractivity contribution in [2.75, 3.05) is 19.8 Å². The maximum atomic E-state index is 11.4. The summed E-state index contributed by atoms with van der Waals surface area (Å²) in [4.78, 5) is 35.3. The van der Waals surface area contributed by atoms with Crippen LogP contribution in [0.15, 0.2) is 0 Å². The van der Waals surface area contributed by atoms with Gasteiger partial charge in [-0.15, -0.1) is 10.1 Å². The highest BCUT2D eigenvalue weighted by Gasteiger charge is 2.18. The minimum absolute atomic E-state index is 0.0499. The molecule has 1 rings (SSSR count). The van der Waals surface area contributed by atoms with E-state index >= 15 is 0 Å². The highest BCUT2D eigenvalue weighted by molar-refractivity contribution is 5.67. The van der Waals surface area contributed by atoms with Gasteiger partial charge in [-0.1, -0.05) is 19.3 Å². The fraction of sp³-hybridized carbons (Fsp3) is 0.889. The van der Waals surface area contributed by atoms with Crippen molar-refractivity contribution in [3.05, 3.63) is 10.1 Å². The van der Waals surface area contributed by atoms with Gasteiger partial charge in [0.25, 0.3) is 5.09 Å². The maximum Gasteiger partial charge on any atom is 0.407 e. The zero-order chi connectivity index (χ0) is 20.7. The fourth-order valence-corrected chi connectivity index (χ4v) is 2.49. The summed E-state index contributed by atoms with van der Waals surface area (Å²) in [7, 11) is 0. The molecule has 0 aliphatic heterocycles. The first kappa shape index (κ1) is 24.9. The van der Waals surface area contributed by atoms with E-state index in [1.807, 2.05) is 20.8 Å². The average molecular weight is 390 g/mol. The van der Waals surface area contributed by atoms with E-state index in [4.69, 9.17) is 4.74 Å². The second kappa shape index (κ2) is 14.1. The summed E-state index contributed by atoms with van der Waals surface area (Å²) in [6.07, 6.45) is 7.26. The number of esters is 1. The Bertz CT molecular complexity index is 425. The minimum atomic E-state index is -0.841. The molecule has 1 amide bonds. The molecular weight excluding hydrogens is 356 g/mol. The van der Waals surface area contributed by atoms with Crippen LogP contribution in [-0.4, -0.2) is 42.5 Å². The van der Waals surface area contributed by atoms with Crippen molar-refractivity contribution in [3.8, 4) is 0 Å². The second-order valence-electron chi connectivity index (χ2n) is 7.49. The van der Waals surface area contributed by atoms with E-state index in [1.165, 1.54) is 39.0 Å². The van der Waals surface area contributed by atoms with Gasteiger partial charge in [0, 0.05) is 13.5 Å². The lowest BCUT2D eigenvalue weighted by Crippen LogP contribution is -2.35. The van der Waals surface area contributed by atoms with Crippen LogP contribution in [-0.2, 0) is 19.1 Å². The number of nitrogens with zero attached hydrogens (tertiary/aromatic N) is 1. The normalized spacial score (nSPS) is 14.4. The van der Waals surface area contributed by atoms with Crippen molar-refractivity contribution >= 4 is 12.1 Å². The highest BCUT2D eigenvalue weighted by atomic mass is 16.9. The zero-order valence-corrected chi connectivity index (χ0v) is 17.0. The number of nitrogens with one attached hydrogen (secondary N) is 1. The first-order valence-electron chi connectivity index (χ1n) is 9.47. The summed E-state index contributed by atoms with van der Waals surface area (Å²) >= 11 is 0. The molecule has 27 heavy (non-hydrogen) atoms. The van der Waals surface area contributed by atoms with Crippen LogP contribution in [0.2, 0.25) is 0 Å². The van der Waals surface area contributed by atoms with Crippen molar-refractivity contribution in [2.24, 2.45) is 5.92 Å². The Balaban J connectivity index is 0.000000516. The van der Waals surface area contributed by atoms with E-state index in [2.05, 4.69) is 14.9 Å². The van der Waals surface area contributed by atoms with Crippen LogP contribution in [0.3, 0.4) is 0 Å². The maximum absolute atomic E-state index is 11.4. The molecule has 158 valence electrons. The lowest BCUT2D eigenvalue weighted by molar-refractivity contribution is -0.757. The van der Waals surface area contributed by atoms with Crippen LogP contribution in [0.25, 0.3) is 0 Å². The van der Waals surface area contributed by atoms with Crippen LogP contribution >= 0.6 is 0 Å². The van der Waals surface area contributed by atoms with Crippen LogP contribution in [0, 0.1) is 16.0 Å². The molecule has 0 aromatic carbocycles. The first-order valence-corrected chi connectivity index (χ1v) is 9.47. The number of unbranched alkanes of at least 4 members (excludes halogenated alkanes) is 1. The number of carbonyl (C=O) groups excluding carboxylic acids is 2. The quantitative estimate of drug-likeness (QED) is 0.291. The number of ether oxygens (including phenoxy) is 2. The molecule has 0 heterocycles. The third kappa shape index (κ3) is 18.5. The van der Waals surface area contributed by atoms with Gasteiger partial charge in [-0.3, -0.25) is 4.79 Å². The second-order valence-corrected chi connectivity index (χ2v) is 7.49. The Morgan fingerprint density at radius 3 is 2.22 bits per heavy atom. The van der Waals surface area contributed by atoms with Gasteiger partial charge in [0.2, 0.25) is 0 Å². The number of carbonyl (C=O) groups is 2. The fourth-order valence-electron chi connectivity index (χ4n) is 2.49. The number of alkyl carbamates (subject to hydrolysis) is 1. The van der Waals surface area contributed by atoms with E-state index in [0.717, 1.165) is 6.54 Å². The third-order valence-corrected chi connectivity index (χ3v) is 3.70. The van der Waals surface area contributed by atoms with Crippen molar-refractivity contribution < 1.29 is 29.0 Å². The van der Waals surface area contributed by atoms with Crippen molar-refractivity contribution in [2.45, 2.75) is 78.2 Å². The largest absolute Gasteiger partial charge is 0.466 e. The van der Waals surface area contributed by atoms with Gasteiger partial charge in [0.05, 0.1) is 13.2 Å². The van der Waals surface area contributed by atoms with Crippen molar-refractivity contribution in [1.82, 2.24) is 5.32 Å². The molecular formula is C18H34N2O7. The third-order valence-electron chi connectivity index (χ3n) is 3.70. The number of amides is 1. The summed E-state index contributed by atoms with van der Waals surface area (Å²) < 4.78 is 9.76. The molecule has 1 N–H and O–H groups in total. The predicted octanol–water partition coefficient (Wildman–Crippen LogP) is 3.63. The van der Waals surface area contributed by atoms with Crippen LogP contribution in [0.4, 0.5) is 4.79 Å². The smallest absolute Gasteiger partial charge is 0.407 e. The molecule has 9 nitrogen and oxygen atoms in total. The predicted molar refractivity (Wildman–Crippen MR) is 99.6 cm³/mol. The highest BCUT2D eigenvalue weighted by Crippen LogP contribution is 2.22. The van der Waals surface area contributed by atoms with Gasteiger partial charge < -0.3 is 19.6 Å². The molecule has 0 radical (unpaired) electrons. The van der Waals surface area contributed by atoms with E-state index in [9.17, 15) is 19.7 Å². The van der Waals surface area contributed by atoms with Crippen LogP contribution < -0.4 is 5.32 Å². The topological polar surface area (TPSA) is 117 Å². The Kier molecular flexibility index (Phi) is 13.0. The lowest BCUT2D eigenvalue weighted by atomic mass is 9.89. The first-order chi connectivity index (χ1) is 12.6. The van der Waals surface area contributed by atoms with E-state index in [0.29, 0.717) is 18.8 Å². The number of hydrogen-bond acceptors (Lipinski definition) is 7. The SMILES string of the molecule is CC(=O)OCCCCO[N+](=O)[O-].CC(C)(C)OC(=O)NCC1CCCCC1. The molecule has 0 aromatic rings.